The van der Waals surface area contributed by atoms with E-state index in [2.05, 4.69) is 10.6 Å². The van der Waals surface area contributed by atoms with E-state index >= 15 is 0 Å². The zero-order valence-corrected chi connectivity index (χ0v) is 14.9. The minimum atomic E-state index is -0.214. The van der Waals surface area contributed by atoms with Crippen LogP contribution in [0.1, 0.15) is 27.0 Å². The minimum absolute atomic E-state index is 0.0439. The summed E-state index contributed by atoms with van der Waals surface area (Å²) in [5.74, 6) is 0.388. The predicted molar refractivity (Wildman–Crippen MR) is 97.9 cm³/mol. The molecule has 0 saturated heterocycles. The van der Waals surface area contributed by atoms with Crippen molar-refractivity contribution in [3.8, 4) is 5.75 Å². The van der Waals surface area contributed by atoms with Crippen LogP contribution in [0.25, 0.3) is 0 Å². The molecule has 0 bridgehead atoms. The summed E-state index contributed by atoms with van der Waals surface area (Å²) < 4.78 is 5.66. The summed E-state index contributed by atoms with van der Waals surface area (Å²) in [5.41, 5.74) is 3.78. The highest BCUT2D eigenvalue weighted by molar-refractivity contribution is 5.94. The number of nitrogens with one attached hydrogen (secondary N) is 2. The maximum Gasteiger partial charge on any atom is 0.258 e. The molecule has 2 rings (SSSR count). The molecule has 0 aliphatic carbocycles. The second-order valence-electron chi connectivity index (χ2n) is 5.91. The first-order valence-electron chi connectivity index (χ1n) is 8.28. The molecule has 2 amide bonds. The van der Waals surface area contributed by atoms with E-state index in [9.17, 15) is 9.59 Å². The molecule has 0 aliphatic rings. The number of amides is 2. The van der Waals surface area contributed by atoms with Crippen molar-refractivity contribution in [3.05, 3.63) is 64.7 Å². The molecule has 132 valence electrons. The van der Waals surface area contributed by atoms with E-state index in [4.69, 9.17) is 4.74 Å². The molecule has 0 aromatic heterocycles. The van der Waals surface area contributed by atoms with Gasteiger partial charge in [0.15, 0.2) is 6.61 Å². The Morgan fingerprint density at radius 1 is 0.880 bits per heavy atom. The van der Waals surface area contributed by atoms with Gasteiger partial charge in [-0.25, -0.2) is 0 Å². The molecule has 5 heteroatoms. The topological polar surface area (TPSA) is 67.4 Å². The average molecular weight is 340 g/mol. The van der Waals surface area contributed by atoms with Crippen LogP contribution in [0, 0.1) is 20.8 Å². The maximum absolute atomic E-state index is 11.9. The van der Waals surface area contributed by atoms with E-state index in [1.807, 2.05) is 51.1 Å². The fraction of sp³-hybridized carbons (Fsp3) is 0.300. The van der Waals surface area contributed by atoms with Gasteiger partial charge in [-0.15, -0.1) is 0 Å². The number of ether oxygens (including phenoxy) is 1. The number of aryl methyl sites for hydroxylation is 2. The molecular weight excluding hydrogens is 316 g/mol. The van der Waals surface area contributed by atoms with Gasteiger partial charge >= 0.3 is 0 Å². The lowest BCUT2D eigenvalue weighted by molar-refractivity contribution is -0.123. The van der Waals surface area contributed by atoms with E-state index in [1.54, 1.807) is 12.1 Å². The van der Waals surface area contributed by atoms with Crippen molar-refractivity contribution >= 4 is 11.8 Å². The Hall–Kier alpha value is -2.82. The van der Waals surface area contributed by atoms with Crippen molar-refractivity contribution in [1.82, 2.24) is 10.6 Å². The third-order valence-corrected chi connectivity index (χ3v) is 3.99. The van der Waals surface area contributed by atoms with Gasteiger partial charge in [0.1, 0.15) is 5.75 Å². The van der Waals surface area contributed by atoms with Gasteiger partial charge in [-0.3, -0.25) is 9.59 Å². The van der Waals surface area contributed by atoms with Crippen LogP contribution in [0.15, 0.2) is 42.5 Å². The Kier molecular flexibility index (Phi) is 6.57. The number of carbonyl (C=O) groups is 2. The van der Waals surface area contributed by atoms with Crippen molar-refractivity contribution in [1.29, 1.82) is 0 Å². The molecule has 2 aromatic carbocycles. The summed E-state index contributed by atoms with van der Waals surface area (Å²) in [7, 11) is 0. The Bertz CT molecular complexity index is 742. The Labute approximate surface area is 148 Å². The summed E-state index contributed by atoms with van der Waals surface area (Å²) in [6.07, 6.45) is 0. The summed E-state index contributed by atoms with van der Waals surface area (Å²) in [4.78, 5) is 23.7. The van der Waals surface area contributed by atoms with Crippen molar-refractivity contribution in [2.24, 2.45) is 0 Å². The van der Waals surface area contributed by atoms with Gasteiger partial charge in [-0.1, -0.05) is 30.3 Å². The lowest BCUT2D eigenvalue weighted by Gasteiger charge is -2.14. The van der Waals surface area contributed by atoms with Crippen LogP contribution in [0.4, 0.5) is 0 Å². The highest BCUT2D eigenvalue weighted by atomic mass is 16.5. The third-order valence-electron chi connectivity index (χ3n) is 3.99. The van der Waals surface area contributed by atoms with Crippen LogP contribution in [0.2, 0.25) is 0 Å². The van der Waals surface area contributed by atoms with Gasteiger partial charge in [0.25, 0.3) is 11.8 Å². The first-order chi connectivity index (χ1) is 12.0. The van der Waals surface area contributed by atoms with E-state index < -0.39 is 0 Å². The van der Waals surface area contributed by atoms with E-state index in [1.165, 1.54) is 0 Å². The fourth-order valence-electron chi connectivity index (χ4n) is 2.41. The smallest absolute Gasteiger partial charge is 0.258 e. The van der Waals surface area contributed by atoms with Crippen LogP contribution in [-0.4, -0.2) is 31.5 Å². The first-order valence-corrected chi connectivity index (χ1v) is 8.28. The van der Waals surface area contributed by atoms with Crippen LogP contribution >= 0.6 is 0 Å². The number of hydrogen-bond donors (Lipinski definition) is 2. The van der Waals surface area contributed by atoms with Crippen LogP contribution in [0.3, 0.4) is 0 Å². The quantitative estimate of drug-likeness (QED) is 0.761. The van der Waals surface area contributed by atoms with Crippen LogP contribution < -0.4 is 15.4 Å². The summed E-state index contributed by atoms with van der Waals surface area (Å²) in [5, 5.41) is 5.49. The zero-order chi connectivity index (χ0) is 18.2. The van der Waals surface area contributed by atoms with Gasteiger partial charge in [0.2, 0.25) is 0 Å². The second-order valence-corrected chi connectivity index (χ2v) is 5.91. The van der Waals surface area contributed by atoms with Gasteiger partial charge in [0.05, 0.1) is 0 Å². The van der Waals surface area contributed by atoms with Crippen molar-refractivity contribution in [2.75, 3.05) is 19.7 Å². The largest absolute Gasteiger partial charge is 0.483 e. The summed E-state index contributed by atoms with van der Waals surface area (Å²) in [6.45, 7) is 6.62. The number of hydrogen-bond acceptors (Lipinski definition) is 3. The van der Waals surface area contributed by atoms with Gasteiger partial charge < -0.3 is 15.4 Å². The molecular formula is C20H24N2O3. The Balaban J connectivity index is 1.71. The second kappa shape index (κ2) is 8.87. The molecule has 0 aliphatic heterocycles. The highest BCUT2D eigenvalue weighted by Crippen LogP contribution is 2.25. The standard InChI is InChI=1S/C20H24N2O3/c1-14-9-10-15(2)19(16(14)3)25-13-18(23)21-11-12-22-20(24)17-7-5-4-6-8-17/h4-10H,11-13H2,1-3H3,(H,21,23)(H,22,24). The van der Waals surface area contributed by atoms with E-state index in [-0.39, 0.29) is 18.4 Å². The molecule has 0 spiro atoms. The molecule has 5 nitrogen and oxygen atoms in total. The molecule has 0 saturated carbocycles. The number of carbonyl (C=O) groups excluding carboxylic acids is 2. The van der Waals surface area contributed by atoms with Crippen molar-refractivity contribution < 1.29 is 14.3 Å². The Morgan fingerprint density at radius 3 is 2.24 bits per heavy atom. The molecule has 0 fully saturated rings. The zero-order valence-electron chi connectivity index (χ0n) is 14.9. The van der Waals surface area contributed by atoms with Crippen LogP contribution in [-0.2, 0) is 4.79 Å². The van der Waals surface area contributed by atoms with Gasteiger partial charge in [-0.05, 0) is 49.6 Å². The van der Waals surface area contributed by atoms with Gasteiger partial charge in [-0.2, -0.15) is 0 Å². The normalized spacial score (nSPS) is 10.2. The van der Waals surface area contributed by atoms with Gasteiger partial charge in [0, 0.05) is 18.7 Å². The predicted octanol–water partition coefficient (Wildman–Crippen LogP) is 2.54. The fourth-order valence-corrected chi connectivity index (χ4v) is 2.41. The molecule has 2 aromatic rings. The molecule has 2 N–H and O–H groups in total. The van der Waals surface area contributed by atoms with Crippen LogP contribution in [0.5, 0.6) is 5.75 Å². The molecule has 0 heterocycles. The molecule has 0 unspecified atom stereocenters. The lowest BCUT2D eigenvalue weighted by Crippen LogP contribution is -2.36. The highest BCUT2D eigenvalue weighted by Gasteiger charge is 2.09. The molecule has 0 atom stereocenters. The minimum Gasteiger partial charge on any atom is -0.483 e. The van der Waals surface area contributed by atoms with E-state index in [0.29, 0.717) is 18.7 Å². The van der Waals surface area contributed by atoms with Crippen molar-refractivity contribution in [2.45, 2.75) is 20.8 Å². The maximum atomic E-state index is 11.9. The molecule has 25 heavy (non-hydrogen) atoms. The number of benzene rings is 2. The van der Waals surface area contributed by atoms with Crippen molar-refractivity contribution in [3.63, 3.8) is 0 Å². The summed E-state index contributed by atoms with van der Waals surface area (Å²) in [6, 6.07) is 13.0. The molecule has 0 radical (unpaired) electrons. The van der Waals surface area contributed by atoms with E-state index in [0.717, 1.165) is 22.4 Å². The third kappa shape index (κ3) is 5.35. The Morgan fingerprint density at radius 2 is 1.52 bits per heavy atom. The SMILES string of the molecule is Cc1ccc(C)c(OCC(=O)NCCNC(=O)c2ccccc2)c1C. The monoisotopic (exact) mass is 340 g/mol. The number of rotatable bonds is 7. The average Bonchev–Trinajstić information content (AvgIpc) is 2.62. The summed E-state index contributed by atoms with van der Waals surface area (Å²) >= 11 is 0. The lowest BCUT2D eigenvalue weighted by atomic mass is 10.1. The first kappa shape index (κ1) is 18.5.